The number of esters is 1. The van der Waals surface area contributed by atoms with E-state index in [4.69, 9.17) is 14.9 Å². The molecule has 0 saturated carbocycles. The number of aliphatic carboxylic acids is 1. The van der Waals surface area contributed by atoms with Gasteiger partial charge in [0, 0.05) is 13.0 Å². The molecule has 1 unspecified atom stereocenters. The zero-order valence-electron chi connectivity index (χ0n) is 7.52. The topological polar surface area (TPSA) is 83.8 Å². The van der Waals surface area contributed by atoms with E-state index in [1.807, 2.05) is 0 Å². The summed E-state index contributed by atoms with van der Waals surface area (Å²) in [7, 11) is 0. The second-order valence-electron chi connectivity index (χ2n) is 2.73. The number of hydrogen-bond acceptors (Lipinski definition) is 4. The number of rotatable bonds is 6. The van der Waals surface area contributed by atoms with E-state index in [1.165, 1.54) is 6.92 Å². The molecule has 0 aromatic carbocycles. The van der Waals surface area contributed by atoms with Gasteiger partial charge in [-0.15, -0.1) is 0 Å². The molecule has 13 heavy (non-hydrogen) atoms. The van der Waals surface area contributed by atoms with Crippen LogP contribution in [0.1, 0.15) is 26.2 Å². The van der Waals surface area contributed by atoms with Gasteiger partial charge in [-0.1, -0.05) is 0 Å². The quantitative estimate of drug-likeness (QED) is 0.583. The average Bonchev–Trinajstić information content (AvgIpc) is 1.98. The smallest absolute Gasteiger partial charge is 0.307 e. The van der Waals surface area contributed by atoms with Gasteiger partial charge in [-0.05, 0) is 13.3 Å². The zero-order valence-corrected chi connectivity index (χ0v) is 7.52. The van der Waals surface area contributed by atoms with Gasteiger partial charge >= 0.3 is 11.9 Å². The van der Waals surface area contributed by atoms with Crippen LogP contribution in [0.5, 0.6) is 0 Å². The molecule has 0 aliphatic rings. The van der Waals surface area contributed by atoms with Gasteiger partial charge in [0.2, 0.25) is 0 Å². The van der Waals surface area contributed by atoms with E-state index in [9.17, 15) is 9.59 Å². The number of carbonyl (C=O) groups excluding carboxylic acids is 1. The van der Waals surface area contributed by atoms with Crippen LogP contribution < -0.4 is 0 Å². The lowest BCUT2D eigenvalue weighted by Gasteiger charge is -2.10. The molecule has 5 nitrogen and oxygen atoms in total. The summed E-state index contributed by atoms with van der Waals surface area (Å²) in [6.45, 7) is 1.45. The lowest BCUT2D eigenvalue weighted by Crippen LogP contribution is -2.18. The molecular formula is C8H14O5. The SMILES string of the molecule is CC(CC(=O)O)OC(=O)CCCO. The molecule has 0 heterocycles. The van der Waals surface area contributed by atoms with E-state index in [2.05, 4.69) is 0 Å². The highest BCUT2D eigenvalue weighted by Gasteiger charge is 2.12. The zero-order chi connectivity index (χ0) is 10.3. The molecule has 2 N–H and O–H groups in total. The molecule has 0 bridgehead atoms. The Kier molecular flexibility index (Phi) is 5.88. The Labute approximate surface area is 76.3 Å². The molecule has 0 aromatic heterocycles. The van der Waals surface area contributed by atoms with Gasteiger partial charge in [-0.2, -0.15) is 0 Å². The maximum absolute atomic E-state index is 10.9. The van der Waals surface area contributed by atoms with E-state index in [1.54, 1.807) is 0 Å². The summed E-state index contributed by atoms with van der Waals surface area (Å²) < 4.78 is 4.73. The van der Waals surface area contributed by atoms with Crippen molar-refractivity contribution >= 4 is 11.9 Å². The van der Waals surface area contributed by atoms with Crippen LogP contribution in [0.25, 0.3) is 0 Å². The van der Waals surface area contributed by atoms with Crippen LogP contribution >= 0.6 is 0 Å². The van der Waals surface area contributed by atoms with Crippen LogP contribution in [0, 0.1) is 0 Å². The minimum absolute atomic E-state index is 0.0671. The second-order valence-corrected chi connectivity index (χ2v) is 2.73. The van der Waals surface area contributed by atoms with Crippen molar-refractivity contribution in [1.82, 2.24) is 0 Å². The minimum atomic E-state index is -0.998. The van der Waals surface area contributed by atoms with Gasteiger partial charge < -0.3 is 14.9 Å². The number of aliphatic hydroxyl groups excluding tert-OH is 1. The third-order valence-corrected chi connectivity index (χ3v) is 1.33. The van der Waals surface area contributed by atoms with E-state index in [-0.39, 0.29) is 19.4 Å². The fourth-order valence-electron chi connectivity index (χ4n) is 0.794. The largest absolute Gasteiger partial charge is 0.481 e. The lowest BCUT2D eigenvalue weighted by molar-refractivity contribution is -0.152. The lowest BCUT2D eigenvalue weighted by atomic mass is 10.3. The van der Waals surface area contributed by atoms with Gasteiger partial charge in [-0.25, -0.2) is 0 Å². The summed E-state index contributed by atoms with van der Waals surface area (Å²) in [5, 5.41) is 16.7. The first-order valence-electron chi connectivity index (χ1n) is 4.08. The first-order valence-corrected chi connectivity index (χ1v) is 4.08. The highest BCUT2D eigenvalue weighted by molar-refractivity contribution is 5.71. The predicted molar refractivity (Wildman–Crippen MR) is 44.1 cm³/mol. The van der Waals surface area contributed by atoms with Crippen LogP contribution in [0.4, 0.5) is 0 Å². The molecule has 0 aliphatic carbocycles. The molecule has 0 aliphatic heterocycles. The summed E-state index contributed by atoms with van der Waals surface area (Å²) in [6, 6.07) is 0. The van der Waals surface area contributed by atoms with E-state index in [0.717, 1.165) is 0 Å². The van der Waals surface area contributed by atoms with Gasteiger partial charge in [0.1, 0.15) is 6.10 Å². The van der Waals surface area contributed by atoms with E-state index >= 15 is 0 Å². The summed E-state index contributed by atoms with van der Waals surface area (Å²) >= 11 is 0. The number of carbonyl (C=O) groups is 2. The number of carboxylic acid groups (broad SMARTS) is 1. The minimum Gasteiger partial charge on any atom is -0.481 e. The predicted octanol–water partition coefficient (Wildman–Crippen LogP) is 0.165. The van der Waals surface area contributed by atoms with Crippen LogP contribution in [0.15, 0.2) is 0 Å². The summed E-state index contributed by atoms with van der Waals surface area (Å²) in [5.74, 6) is -1.47. The Morgan fingerprint density at radius 3 is 2.54 bits per heavy atom. The van der Waals surface area contributed by atoms with Crippen LogP contribution in [0.2, 0.25) is 0 Å². The van der Waals surface area contributed by atoms with Crippen molar-refractivity contribution in [3.8, 4) is 0 Å². The Hall–Kier alpha value is -1.10. The molecule has 0 radical (unpaired) electrons. The molecule has 5 heteroatoms. The average molecular weight is 190 g/mol. The summed E-state index contributed by atoms with van der Waals surface area (Å²) in [4.78, 5) is 21.0. The monoisotopic (exact) mass is 190 g/mol. The molecule has 76 valence electrons. The maximum Gasteiger partial charge on any atom is 0.307 e. The van der Waals surface area contributed by atoms with Crippen molar-refractivity contribution in [2.75, 3.05) is 6.61 Å². The van der Waals surface area contributed by atoms with Gasteiger partial charge in [0.15, 0.2) is 0 Å². The molecule has 0 aromatic rings. The van der Waals surface area contributed by atoms with Crippen molar-refractivity contribution in [2.45, 2.75) is 32.3 Å². The highest BCUT2D eigenvalue weighted by Crippen LogP contribution is 2.01. The molecule has 1 atom stereocenters. The number of hydrogen-bond donors (Lipinski definition) is 2. The Morgan fingerprint density at radius 1 is 1.46 bits per heavy atom. The molecule has 0 fully saturated rings. The molecule has 0 rings (SSSR count). The Morgan fingerprint density at radius 2 is 2.08 bits per heavy atom. The first kappa shape index (κ1) is 11.9. The van der Waals surface area contributed by atoms with E-state index in [0.29, 0.717) is 6.42 Å². The molecule has 0 amide bonds. The van der Waals surface area contributed by atoms with Crippen LogP contribution in [-0.2, 0) is 14.3 Å². The van der Waals surface area contributed by atoms with Crippen molar-refractivity contribution in [2.24, 2.45) is 0 Å². The third kappa shape index (κ3) is 7.27. The van der Waals surface area contributed by atoms with Gasteiger partial charge in [0.05, 0.1) is 6.42 Å². The van der Waals surface area contributed by atoms with Crippen molar-refractivity contribution in [3.63, 3.8) is 0 Å². The fraction of sp³-hybridized carbons (Fsp3) is 0.750. The number of carboxylic acids is 1. The number of aliphatic hydroxyl groups is 1. The van der Waals surface area contributed by atoms with Crippen molar-refractivity contribution < 1.29 is 24.5 Å². The molecule has 0 saturated heterocycles. The van der Waals surface area contributed by atoms with Crippen LogP contribution in [-0.4, -0.2) is 34.9 Å². The molecular weight excluding hydrogens is 176 g/mol. The number of ether oxygens (including phenoxy) is 1. The summed E-state index contributed by atoms with van der Waals surface area (Å²) in [6.07, 6.45) is -0.326. The summed E-state index contributed by atoms with van der Waals surface area (Å²) in [5.41, 5.74) is 0. The standard InChI is InChI=1S/C8H14O5/c1-6(5-7(10)11)13-8(12)3-2-4-9/h6,9H,2-5H2,1H3,(H,10,11). The highest BCUT2D eigenvalue weighted by atomic mass is 16.5. The third-order valence-electron chi connectivity index (χ3n) is 1.33. The fourth-order valence-corrected chi connectivity index (χ4v) is 0.794. The van der Waals surface area contributed by atoms with E-state index < -0.39 is 18.0 Å². The second kappa shape index (κ2) is 6.42. The Bertz CT molecular complexity index is 177. The normalized spacial score (nSPS) is 12.2. The van der Waals surface area contributed by atoms with Crippen molar-refractivity contribution in [3.05, 3.63) is 0 Å². The van der Waals surface area contributed by atoms with Gasteiger partial charge in [0.25, 0.3) is 0 Å². The molecule has 0 spiro atoms. The Balaban J connectivity index is 3.59. The maximum atomic E-state index is 10.9. The van der Waals surface area contributed by atoms with Crippen molar-refractivity contribution in [1.29, 1.82) is 0 Å². The van der Waals surface area contributed by atoms with Gasteiger partial charge in [-0.3, -0.25) is 9.59 Å². The van der Waals surface area contributed by atoms with Crippen LogP contribution in [0.3, 0.4) is 0 Å². The first-order chi connectivity index (χ1) is 6.06.